The maximum absolute atomic E-state index is 14.5. The summed E-state index contributed by atoms with van der Waals surface area (Å²) in [6.45, 7) is 9.89. The number of benzene rings is 1. The molecule has 0 aliphatic carbocycles. The minimum atomic E-state index is -1.15. The highest BCUT2D eigenvalue weighted by Gasteiger charge is 2.30. The summed E-state index contributed by atoms with van der Waals surface area (Å²) < 4.78 is 28.5. The highest BCUT2D eigenvalue weighted by Crippen LogP contribution is 2.35. The van der Waals surface area contributed by atoms with E-state index in [0.717, 1.165) is 15.9 Å². The number of ether oxygens (including phenoxy) is 2. The van der Waals surface area contributed by atoms with Crippen LogP contribution in [0.1, 0.15) is 57.9 Å². The standard InChI is InChI=1S/C29H34FN7O5S/c1-16(2)34-24(38)18(4)36-25(39)23-17(3)26(37-32-10-11-33-37)43-27(23)35(28(36)40)13-22(42-15-29(5,6)14-31)20-12-19(30)8-9-21(20)41-7/h8-12,16,18,22H,13,15H2,1-7H3,(H,34,38). The van der Waals surface area contributed by atoms with E-state index in [9.17, 15) is 24.0 Å². The van der Waals surface area contributed by atoms with Crippen molar-refractivity contribution in [3.05, 3.63) is 68.4 Å². The van der Waals surface area contributed by atoms with Crippen molar-refractivity contribution in [2.45, 2.75) is 66.3 Å². The number of halogens is 1. The molecule has 0 saturated carbocycles. The number of fused-ring (bicyclic) bond motifs is 1. The Morgan fingerprint density at radius 2 is 1.88 bits per heavy atom. The summed E-state index contributed by atoms with van der Waals surface area (Å²) in [5.41, 5.74) is -1.47. The fourth-order valence-corrected chi connectivity index (χ4v) is 5.81. The Kier molecular flexibility index (Phi) is 9.17. The van der Waals surface area contributed by atoms with Crippen LogP contribution in [0, 0.1) is 29.5 Å². The minimum Gasteiger partial charge on any atom is -0.496 e. The van der Waals surface area contributed by atoms with Crippen LogP contribution >= 0.6 is 11.3 Å². The Morgan fingerprint density at radius 1 is 1.21 bits per heavy atom. The highest BCUT2D eigenvalue weighted by molar-refractivity contribution is 7.21. The molecule has 228 valence electrons. The Labute approximate surface area is 251 Å². The molecule has 0 bridgehead atoms. The van der Waals surface area contributed by atoms with Crippen molar-refractivity contribution in [1.29, 1.82) is 5.26 Å². The van der Waals surface area contributed by atoms with E-state index >= 15 is 0 Å². The average Bonchev–Trinajstić information content (AvgIpc) is 3.60. The van der Waals surface area contributed by atoms with E-state index in [-0.39, 0.29) is 24.6 Å². The number of methoxy groups -OCH3 is 1. The van der Waals surface area contributed by atoms with Crippen LogP contribution in [0.2, 0.25) is 0 Å². The lowest BCUT2D eigenvalue weighted by Gasteiger charge is -2.26. The molecule has 1 aromatic carbocycles. The van der Waals surface area contributed by atoms with E-state index in [0.29, 0.717) is 26.7 Å². The quantitative estimate of drug-likeness (QED) is 0.270. The molecule has 4 rings (SSSR count). The second-order valence-electron chi connectivity index (χ2n) is 11.1. The lowest BCUT2D eigenvalue weighted by Crippen LogP contribution is -2.47. The van der Waals surface area contributed by atoms with Gasteiger partial charge in [-0.15, -0.1) is 4.80 Å². The molecular weight excluding hydrogens is 577 g/mol. The van der Waals surface area contributed by atoms with Gasteiger partial charge in [-0.3, -0.25) is 14.2 Å². The predicted molar refractivity (Wildman–Crippen MR) is 159 cm³/mol. The largest absolute Gasteiger partial charge is 0.496 e. The summed E-state index contributed by atoms with van der Waals surface area (Å²) in [7, 11) is 1.43. The summed E-state index contributed by atoms with van der Waals surface area (Å²) in [5, 5.41) is 21.5. The van der Waals surface area contributed by atoms with Crippen LogP contribution in [0.3, 0.4) is 0 Å². The molecule has 43 heavy (non-hydrogen) atoms. The van der Waals surface area contributed by atoms with Gasteiger partial charge >= 0.3 is 5.69 Å². The summed E-state index contributed by atoms with van der Waals surface area (Å²) in [4.78, 5) is 42.8. The Hall–Kier alpha value is -4.35. The van der Waals surface area contributed by atoms with Gasteiger partial charge in [-0.05, 0) is 59.7 Å². The Balaban J connectivity index is 2.00. The molecule has 4 aromatic rings. The fraction of sp³-hybridized carbons (Fsp3) is 0.448. The highest BCUT2D eigenvalue weighted by atomic mass is 32.1. The van der Waals surface area contributed by atoms with Gasteiger partial charge in [-0.25, -0.2) is 13.8 Å². The summed E-state index contributed by atoms with van der Waals surface area (Å²) in [5.74, 6) is -0.742. The van der Waals surface area contributed by atoms with Crippen molar-refractivity contribution >= 4 is 27.5 Å². The first-order chi connectivity index (χ1) is 20.3. The summed E-state index contributed by atoms with van der Waals surface area (Å²) >= 11 is 1.13. The van der Waals surface area contributed by atoms with E-state index < -0.39 is 40.5 Å². The number of nitrogens with zero attached hydrogens (tertiary/aromatic N) is 6. The molecule has 2 unspecified atom stereocenters. The lowest BCUT2D eigenvalue weighted by atomic mass is 9.97. The number of hydrogen-bond donors (Lipinski definition) is 1. The van der Waals surface area contributed by atoms with Crippen molar-refractivity contribution in [2.75, 3.05) is 13.7 Å². The third-order valence-electron chi connectivity index (χ3n) is 6.85. The molecule has 0 saturated heterocycles. The molecule has 0 spiro atoms. The maximum Gasteiger partial charge on any atom is 0.332 e. The van der Waals surface area contributed by atoms with Gasteiger partial charge in [0.15, 0.2) is 0 Å². The second kappa shape index (κ2) is 12.5. The Morgan fingerprint density at radius 3 is 2.49 bits per heavy atom. The van der Waals surface area contributed by atoms with Gasteiger partial charge in [-0.2, -0.15) is 15.5 Å². The average molecular weight is 612 g/mol. The SMILES string of the molecule is COc1ccc(F)cc1C(Cn1c(=O)n(C(C)C(=O)NC(C)C)c(=O)c2c(C)c(-n3nccn3)sc21)OCC(C)(C)C#N. The van der Waals surface area contributed by atoms with Crippen LogP contribution in [0.4, 0.5) is 4.39 Å². The van der Waals surface area contributed by atoms with Gasteiger partial charge in [0.2, 0.25) is 5.91 Å². The molecule has 0 fully saturated rings. The molecule has 0 aliphatic heterocycles. The molecule has 12 nitrogen and oxygen atoms in total. The first-order valence-corrected chi connectivity index (χ1v) is 14.4. The first kappa shape index (κ1) is 31.6. The van der Waals surface area contributed by atoms with Crippen molar-refractivity contribution < 1.29 is 18.7 Å². The summed E-state index contributed by atoms with van der Waals surface area (Å²) in [6, 6.07) is 4.74. The normalized spacial score (nSPS) is 13.2. The van der Waals surface area contributed by atoms with E-state index in [1.807, 2.05) is 0 Å². The van der Waals surface area contributed by atoms with Crippen LogP contribution in [-0.4, -0.2) is 49.8 Å². The molecule has 0 radical (unpaired) electrons. The molecule has 1 N–H and O–H groups in total. The predicted octanol–water partition coefficient (Wildman–Crippen LogP) is 3.65. The smallest absolute Gasteiger partial charge is 0.332 e. The zero-order valence-corrected chi connectivity index (χ0v) is 25.9. The number of nitrogens with one attached hydrogen (secondary N) is 1. The Bertz CT molecular complexity index is 1800. The zero-order chi connectivity index (χ0) is 31.6. The summed E-state index contributed by atoms with van der Waals surface area (Å²) in [6.07, 6.45) is 1.99. The third-order valence-corrected chi connectivity index (χ3v) is 8.13. The van der Waals surface area contributed by atoms with Gasteiger partial charge in [0.05, 0.1) is 49.5 Å². The van der Waals surface area contributed by atoms with Gasteiger partial charge in [0.25, 0.3) is 5.56 Å². The third kappa shape index (κ3) is 6.37. The van der Waals surface area contributed by atoms with E-state index in [1.54, 1.807) is 34.6 Å². The maximum atomic E-state index is 14.5. The molecule has 2 atom stereocenters. The molecule has 1 amide bonds. The minimum absolute atomic E-state index is 0.0511. The number of rotatable bonds is 11. The van der Waals surface area contributed by atoms with Crippen LogP contribution in [0.25, 0.3) is 15.2 Å². The van der Waals surface area contributed by atoms with Crippen LogP contribution in [-0.2, 0) is 16.1 Å². The molecule has 14 heteroatoms. The van der Waals surface area contributed by atoms with Crippen molar-refractivity contribution in [1.82, 2.24) is 29.4 Å². The van der Waals surface area contributed by atoms with Crippen LogP contribution < -0.4 is 21.3 Å². The number of aromatic nitrogens is 5. The van der Waals surface area contributed by atoms with Gasteiger partial charge in [0.1, 0.15) is 33.5 Å². The number of hydrogen-bond acceptors (Lipinski definition) is 9. The van der Waals surface area contributed by atoms with E-state index in [1.165, 1.54) is 54.0 Å². The topological polar surface area (TPSA) is 146 Å². The molecule has 3 heterocycles. The number of carbonyl (C=O) groups is 1. The molecule has 0 aliphatic rings. The van der Waals surface area contributed by atoms with Crippen LogP contribution in [0.5, 0.6) is 5.75 Å². The molecule has 3 aromatic heterocycles. The zero-order valence-electron chi connectivity index (χ0n) is 25.0. The van der Waals surface area contributed by atoms with Crippen molar-refractivity contribution in [3.8, 4) is 16.8 Å². The number of carbonyl (C=O) groups excluding carboxylic acids is 1. The van der Waals surface area contributed by atoms with Gasteiger partial charge in [0, 0.05) is 17.2 Å². The van der Waals surface area contributed by atoms with Crippen molar-refractivity contribution in [2.24, 2.45) is 5.41 Å². The monoisotopic (exact) mass is 611 g/mol. The van der Waals surface area contributed by atoms with Crippen molar-refractivity contribution in [3.63, 3.8) is 0 Å². The van der Waals surface area contributed by atoms with E-state index in [4.69, 9.17) is 9.47 Å². The van der Waals surface area contributed by atoms with E-state index in [2.05, 4.69) is 21.6 Å². The second-order valence-corrected chi connectivity index (χ2v) is 12.1. The van der Waals surface area contributed by atoms with Gasteiger partial charge in [-0.1, -0.05) is 11.3 Å². The molecular formula is C29H34FN7O5S. The lowest BCUT2D eigenvalue weighted by molar-refractivity contribution is -0.124. The number of thiophene rings is 1. The number of nitriles is 1. The van der Waals surface area contributed by atoms with Gasteiger partial charge < -0.3 is 14.8 Å². The number of amides is 1. The first-order valence-electron chi connectivity index (χ1n) is 13.6. The fourth-order valence-electron chi connectivity index (χ4n) is 4.59. The van der Waals surface area contributed by atoms with Crippen LogP contribution in [0.15, 0.2) is 40.2 Å². The number of aryl methyl sites for hydroxylation is 1.